The van der Waals surface area contributed by atoms with Crippen molar-refractivity contribution in [2.24, 2.45) is 0 Å². The zero-order chi connectivity index (χ0) is 13.2. The Balaban J connectivity index is 2.10. The first kappa shape index (κ1) is 15.0. The van der Waals surface area contributed by atoms with Gasteiger partial charge in [0.2, 0.25) is 0 Å². The van der Waals surface area contributed by atoms with Crippen molar-refractivity contribution in [2.45, 2.75) is 19.6 Å². The normalized spacial score (nSPS) is 12.4. The van der Waals surface area contributed by atoms with Crippen molar-refractivity contribution >= 4 is 0 Å². The molecule has 1 N–H and O–H groups in total. The topological polar surface area (TPSA) is 39.7 Å². The fourth-order valence-corrected chi connectivity index (χ4v) is 1.60. The molecule has 0 spiro atoms. The van der Waals surface area contributed by atoms with E-state index in [4.69, 9.17) is 14.2 Å². The van der Waals surface area contributed by atoms with Crippen LogP contribution in [0.1, 0.15) is 12.5 Å². The van der Waals surface area contributed by atoms with E-state index in [0.29, 0.717) is 19.3 Å². The van der Waals surface area contributed by atoms with Crippen LogP contribution in [0.25, 0.3) is 0 Å². The lowest BCUT2D eigenvalue weighted by atomic mass is 10.2. The summed E-state index contributed by atoms with van der Waals surface area (Å²) in [5.41, 5.74) is 1.15. The van der Waals surface area contributed by atoms with Crippen LogP contribution in [0.3, 0.4) is 0 Å². The quantitative estimate of drug-likeness (QED) is 0.682. The second-order valence-corrected chi connectivity index (χ2v) is 4.21. The summed E-state index contributed by atoms with van der Waals surface area (Å²) in [6.07, 6.45) is 0. The third-order valence-corrected chi connectivity index (χ3v) is 2.58. The summed E-state index contributed by atoms with van der Waals surface area (Å²) >= 11 is 0. The summed E-state index contributed by atoms with van der Waals surface area (Å²) in [6, 6.07) is 8.27. The first-order chi connectivity index (χ1) is 8.76. The maximum absolute atomic E-state index is 5.58. The maximum atomic E-state index is 5.58. The van der Waals surface area contributed by atoms with Gasteiger partial charge in [-0.1, -0.05) is 12.1 Å². The molecule has 0 aliphatic heterocycles. The van der Waals surface area contributed by atoms with E-state index in [1.807, 2.05) is 24.3 Å². The molecule has 1 aromatic carbocycles. The summed E-state index contributed by atoms with van der Waals surface area (Å²) in [4.78, 5) is 0. The summed E-state index contributed by atoms with van der Waals surface area (Å²) in [6.45, 7) is 4.97. The number of ether oxygens (including phenoxy) is 3. The second-order valence-electron chi connectivity index (χ2n) is 4.21. The van der Waals surface area contributed by atoms with Gasteiger partial charge in [-0.2, -0.15) is 0 Å². The Morgan fingerprint density at radius 2 is 1.89 bits per heavy atom. The van der Waals surface area contributed by atoms with Gasteiger partial charge in [0.25, 0.3) is 0 Å². The first-order valence-corrected chi connectivity index (χ1v) is 6.19. The Bertz CT molecular complexity index is 313. The lowest BCUT2D eigenvalue weighted by molar-refractivity contribution is 0.114. The molecule has 0 fully saturated rings. The summed E-state index contributed by atoms with van der Waals surface area (Å²) < 4.78 is 15.7. The van der Waals surface area contributed by atoms with Gasteiger partial charge in [0.05, 0.1) is 26.9 Å². The van der Waals surface area contributed by atoms with E-state index in [2.05, 4.69) is 12.2 Å². The molecule has 0 bridgehead atoms. The molecule has 4 nitrogen and oxygen atoms in total. The molecular weight excluding hydrogens is 230 g/mol. The third kappa shape index (κ3) is 6.00. The second kappa shape index (κ2) is 8.91. The SMILES string of the molecule is COCC(C)NCCOCc1ccc(OC)cc1. The Kier molecular flexibility index (Phi) is 7.41. The minimum Gasteiger partial charge on any atom is -0.497 e. The number of rotatable bonds is 9. The molecule has 0 radical (unpaired) electrons. The lowest BCUT2D eigenvalue weighted by Crippen LogP contribution is -2.32. The average molecular weight is 253 g/mol. The third-order valence-electron chi connectivity index (χ3n) is 2.58. The van der Waals surface area contributed by atoms with Crippen molar-refractivity contribution in [1.29, 1.82) is 0 Å². The van der Waals surface area contributed by atoms with Crippen LogP contribution < -0.4 is 10.1 Å². The largest absolute Gasteiger partial charge is 0.497 e. The molecule has 1 aromatic rings. The van der Waals surface area contributed by atoms with E-state index in [1.54, 1.807) is 14.2 Å². The van der Waals surface area contributed by atoms with Gasteiger partial charge in [0.1, 0.15) is 5.75 Å². The molecule has 0 aromatic heterocycles. The van der Waals surface area contributed by atoms with Crippen LogP contribution in [0.2, 0.25) is 0 Å². The van der Waals surface area contributed by atoms with Crippen LogP contribution >= 0.6 is 0 Å². The molecule has 0 saturated carbocycles. The van der Waals surface area contributed by atoms with Crippen LogP contribution in [-0.2, 0) is 16.1 Å². The highest BCUT2D eigenvalue weighted by Gasteiger charge is 1.99. The number of nitrogens with one attached hydrogen (secondary N) is 1. The van der Waals surface area contributed by atoms with Crippen LogP contribution in [0.15, 0.2) is 24.3 Å². The van der Waals surface area contributed by atoms with Gasteiger partial charge < -0.3 is 19.5 Å². The highest BCUT2D eigenvalue weighted by Crippen LogP contribution is 2.11. The van der Waals surface area contributed by atoms with Gasteiger partial charge in [-0.3, -0.25) is 0 Å². The van der Waals surface area contributed by atoms with Crippen molar-refractivity contribution in [1.82, 2.24) is 5.32 Å². The molecule has 0 heterocycles. The van der Waals surface area contributed by atoms with E-state index in [1.165, 1.54) is 0 Å². The van der Waals surface area contributed by atoms with Gasteiger partial charge in [0.15, 0.2) is 0 Å². The first-order valence-electron chi connectivity index (χ1n) is 6.19. The van der Waals surface area contributed by atoms with Crippen LogP contribution in [-0.4, -0.2) is 40.0 Å². The van der Waals surface area contributed by atoms with Gasteiger partial charge in [-0.25, -0.2) is 0 Å². The van der Waals surface area contributed by atoms with Crippen molar-refractivity contribution < 1.29 is 14.2 Å². The summed E-state index contributed by atoms with van der Waals surface area (Å²) in [7, 11) is 3.37. The predicted octanol–water partition coefficient (Wildman–Crippen LogP) is 1.84. The molecule has 0 amide bonds. The smallest absolute Gasteiger partial charge is 0.118 e. The zero-order valence-corrected chi connectivity index (χ0v) is 11.4. The lowest BCUT2D eigenvalue weighted by Gasteiger charge is -2.12. The fraction of sp³-hybridized carbons (Fsp3) is 0.571. The Morgan fingerprint density at radius 1 is 1.17 bits per heavy atom. The molecule has 1 unspecified atom stereocenters. The Morgan fingerprint density at radius 3 is 2.50 bits per heavy atom. The maximum Gasteiger partial charge on any atom is 0.118 e. The van der Waals surface area contributed by atoms with E-state index < -0.39 is 0 Å². The molecule has 1 atom stereocenters. The summed E-state index contributed by atoms with van der Waals surface area (Å²) in [5, 5.41) is 3.32. The zero-order valence-electron chi connectivity index (χ0n) is 11.4. The van der Waals surface area contributed by atoms with Gasteiger partial charge in [-0.05, 0) is 24.6 Å². The molecule has 0 aliphatic carbocycles. The minimum atomic E-state index is 0.361. The molecule has 18 heavy (non-hydrogen) atoms. The highest BCUT2D eigenvalue weighted by atomic mass is 16.5. The van der Waals surface area contributed by atoms with Crippen molar-refractivity contribution in [3.63, 3.8) is 0 Å². The van der Waals surface area contributed by atoms with Crippen molar-refractivity contribution in [3.8, 4) is 5.75 Å². The standard InChI is InChI=1S/C14H23NO3/c1-12(10-16-2)15-8-9-18-11-13-4-6-14(17-3)7-5-13/h4-7,12,15H,8-11H2,1-3H3. The Labute approximate surface area is 109 Å². The van der Waals surface area contributed by atoms with Crippen LogP contribution in [0.5, 0.6) is 5.75 Å². The number of methoxy groups -OCH3 is 2. The number of hydrogen-bond acceptors (Lipinski definition) is 4. The molecule has 0 aliphatic rings. The molecular formula is C14H23NO3. The molecule has 1 rings (SSSR count). The fourth-order valence-electron chi connectivity index (χ4n) is 1.60. The van der Waals surface area contributed by atoms with E-state index >= 15 is 0 Å². The number of benzene rings is 1. The molecule has 0 saturated heterocycles. The van der Waals surface area contributed by atoms with E-state index in [-0.39, 0.29) is 0 Å². The van der Waals surface area contributed by atoms with Crippen LogP contribution in [0.4, 0.5) is 0 Å². The average Bonchev–Trinajstić information content (AvgIpc) is 2.39. The van der Waals surface area contributed by atoms with Crippen molar-refractivity contribution in [2.75, 3.05) is 34.0 Å². The van der Waals surface area contributed by atoms with Gasteiger partial charge >= 0.3 is 0 Å². The van der Waals surface area contributed by atoms with Crippen molar-refractivity contribution in [3.05, 3.63) is 29.8 Å². The number of hydrogen-bond donors (Lipinski definition) is 1. The molecule has 102 valence electrons. The van der Waals surface area contributed by atoms with Crippen LogP contribution in [0, 0.1) is 0 Å². The summed E-state index contributed by atoms with van der Waals surface area (Å²) in [5.74, 6) is 0.869. The van der Waals surface area contributed by atoms with Gasteiger partial charge in [0, 0.05) is 19.7 Å². The Hall–Kier alpha value is -1.10. The highest BCUT2D eigenvalue weighted by molar-refractivity contribution is 5.26. The van der Waals surface area contributed by atoms with E-state index in [0.717, 1.165) is 24.5 Å². The van der Waals surface area contributed by atoms with Gasteiger partial charge in [-0.15, -0.1) is 0 Å². The monoisotopic (exact) mass is 253 g/mol. The predicted molar refractivity (Wildman–Crippen MR) is 72.0 cm³/mol. The minimum absolute atomic E-state index is 0.361. The molecule has 4 heteroatoms. The van der Waals surface area contributed by atoms with E-state index in [9.17, 15) is 0 Å².